The highest BCUT2D eigenvalue weighted by Crippen LogP contribution is 2.21. The molecule has 0 fully saturated rings. The summed E-state index contributed by atoms with van der Waals surface area (Å²) in [7, 11) is 0. The first-order valence-electron chi connectivity index (χ1n) is 6.36. The van der Waals surface area contributed by atoms with Crippen LogP contribution < -0.4 is 5.32 Å². The molecule has 0 heterocycles. The van der Waals surface area contributed by atoms with Gasteiger partial charge in [-0.1, -0.05) is 31.2 Å². The minimum atomic E-state index is -0.617. The lowest BCUT2D eigenvalue weighted by atomic mass is 10.1. The highest BCUT2D eigenvalue weighted by Gasteiger charge is 2.10. The first-order valence-corrected chi connectivity index (χ1v) is 6.36. The Morgan fingerprint density at radius 2 is 1.90 bits per heavy atom. The molecule has 0 spiro atoms. The maximum absolute atomic E-state index is 13.7. The van der Waals surface area contributed by atoms with Gasteiger partial charge in [-0.15, -0.1) is 0 Å². The summed E-state index contributed by atoms with van der Waals surface area (Å²) >= 11 is 0. The van der Waals surface area contributed by atoms with Crippen molar-refractivity contribution in [1.82, 2.24) is 0 Å². The molecule has 2 aromatic carbocycles. The van der Waals surface area contributed by atoms with Crippen molar-refractivity contribution < 1.29 is 9.31 Å². The standard InChI is InChI=1S/C15H15FN2O2/c1-2-11-5-3-4-6-12(11)10-17-15-8-7-13(18(19)20)9-14(15)16/h3-9,17H,2,10H2,1H3. The minimum absolute atomic E-state index is 0.248. The summed E-state index contributed by atoms with van der Waals surface area (Å²) in [6, 6.07) is 11.5. The normalized spacial score (nSPS) is 10.3. The fourth-order valence-corrected chi connectivity index (χ4v) is 2.03. The van der Waals surface area contributed by atoms with Crippen LogP contribution in [0, 0.1) is 15.9 Å². The molecule has 5 heteroatoms. The Morgan fingerprint density at radius 1 is 1.20 bits per heavy atom. The molecule has 0 saturated heterocycles. The second-order valence-corrected chi connectivity index (χ2v) is 4.40. The molecular weight excluding hydrogens is 259 g/mol. The molecule has 1 N–H and O–H groups in total. The zero-order valence-corrected chi connectivity index (χ0v) is 11.1. The van der Waals surface area contributed by atoms with Crippen LogP contribution in [0.1, 0.15) is 18.1 Å². The van der Waals surface area contributed by atoms with Crippen molar-refractivity contribution >= 4 is 11.4 Å². The largest absolute Gasteiger partial charge is 0.379 e. The molecule has 104 valence electrons. The number of halogens is 1. The van der Waals surface area contributed by atoms with Crippen LogP contribution in [0.25, 0.3) is 0 Å². The summed E-state index contributed by atoms with van der Waals surface area (Å²) in [5.41, 5.74) is 2.30. The Hall–Kier alpha value is -2.43. The molecule has 20 heavy (non-hydrogen) atoms. The van der Waals surface area contributed by atoms with Gasteiger partial charge in [0.05, 0.1) is 16.7 Å². The van der Waals surface area contributed by atoms with Crippen molar-refractivity contribution in [3.05, 3.63) is 69.5 Å². The van der Waals surface area contributed by atoms with E-state index in [4.69, 9.17) is 0 Å². The first kappa shape index (κ1) is 14.0. The van der Waals surface area contributed by atoms with Crippen molar-refractivity contribution in [2.24, 2.45) is 0 Å². The summed E-state index contributed by atoms with van der Waals surface area (Å²) in [6.45, 7) is 2.55. The van der Waals surface area contributed by atoms with E-state index in [0.29, 0.717) is 6.54 Å². The van der Waals surface area contributed by atoms with Crippen molar-refractivity contribution in [1.29, 1.82) is 0 Å². The van der Waals surface area contributed by atoms with Gasteiger partial charge >= 0.3 is 0 Å². The monoisotopic (exact) mass is 274 g/mol. The Labute approximate surface area is 116 Å². The second-order valence-electron chi connectivity index (χ2n) is 4.40. The summed E-state index contributed by atoms with van der Waals surface area (Å²) in [5.74, 6) is -0.617. The highest BCUT2D eigenvalue weighted by atomic mass is 19.1. The van der Waals surface area contributed by atoms with E-state index in [0.717, 1.165) is 18.1 Å². The third-order valence-corrected chi connectivity index (χ3v) is 3.13. The lowest BCUT2D eigenvalue weighted by molar-refractivity contribution is -0.385. The maximum Gasteiger partial charge on any atom is 0.272 e. The summed E-state index contributed by atoms with van der Waals surface area (Å²) in [6.07, 6.45) is 0.903. The lowest BCUT2D eigenvalue weighted by Gasteiger charge is -2.10. The molecule has 2 aromatic rings. The molecule has 0 aliphatic heterocycles. The average Bonchev–Trinajstić information content (AvgIpc) is 2.46. The van der Waals surface area contributed by atoms with Gasteiger partial charge in [0.1, 0.15) is 0 Å². The molecule has 0 aliphatic rings. The van der Waals surface area contributed by atoms with Gasteiger partial charge in [0.25, 0.3) is 5.69 Å². The number of rotatable bonds is 5. The molecule has 0 aliphatic carbocycles. The van der Waals surface area contributed by atoms with Crippen LogP contribution in [-0.4, -0.2) is 4.92 Å². The van der Waals surface area contributed by atoms with Gasteiger partial charge < -0.3 is 5.32 Å². The molecule has 0 unspecified atom stereocenters. The maximum atomic E-state index is 13.7. The number of nitrogens with zero attached hydrogens (tertiary/aromatic N) is 1. The van der Waals surface area contributed by atoms with Gasteiger partial charge in [-0.3, -0.25) is 10.1 Å². The number of hydrogen-bond donors (Lipinski definition) is 1. The number of anilines is 1. The molecule has 0 aromatic heterocycles. The fraction of sp³-hybridized carbons (Fsp3) is 0.200. The summed E-state index contributed by atoms with van der Waals surface area (Å²) < 4.78 is 13.7. The van der Waals surface area contributed by atoms with E-state index in [2.05, 4.69) is 12.2 Å². The molecule has 0 atom stereocenters. The zero-order chi connectivity index (χ0) is 14.5. The van der Waals surface area contributed by atoms with Crippen molar-refractivity contribution in [2.45, 2.75) is 19.9 Å². The third-order valence-electron chi connectivity index (χ3n) is 3.13. The summed E-state index contributed by atoms with van der Waals surface area (Å²) in [5, 5.41) is 13.5. The van der Waals surface area contributed by atoms with E-state index in [1.807, 2.05) is 24.3 Å². The van der Waals surface area contributed by atoms with Gasteiger partial charge in [0.15, 0.2) is 5.82 Å². The molecule has 0 amide bonds. The van der Waals surface area contributed by atoms with E-state index in [-0.39, 0.29) is 11.4 Å². The smallest absolute Gasteiger partial charge is 0.272 e. The van der Waals surface area contributed by atoms with Crippen LogP contribution in [0.15, 0.2) is 42.5 Å². The van der Waals surface area contributed by atoms with Crippen LogP contribution >= 0.6 is 0 Å². The number of nitro groups is 1. The van der Waals surface area contributed by atoms with Crippen LogP contribution in [-0.2, 0) is 13.0 Å². The zero-order valence-electron chi connectivity index (χ0n) is 11.1. The first-order chi connectivity index (χ1) is 9.61. The van der Waals surface area contributed by atoms with E-state index in [1.54, 1.807) is 0 Å². The Balaban J connectivity index is 2.13. The number of hydrogen-bond acceptors (Lipinski definition) is 3. The molecule has 0 saturated carbocycles. The van der Waals surface area contributed by atoms with E-state index in [9.17, 15) is 14.5 Å². The van der Waals surface area contributed by atoms with E-state index in [1.165, 1.54) is 17.7 Å². The predicted octanol–water partition coefficient (Wildman–Crippen LogP) is 3.91. The van der Waals surface area contributed by atoms with Gasteiger partial charge in [-0.05, 0) is 23.6 Å². The Morgan fingerprint density at radius 3 is 2.50 bits per heavy atom. The van der Waals surface area contributed by atoms with Crippen LogP contribution in [0.3, 0.4) is 0 Å². The Bertz CT molecular complexity index is 629. The van der Waals surface area contributed by atoms with Gasteiger partial charge in [-0.2, -0.15) is 0 Å². The number of nitro benzene ring substituents is 1. The molecule has 0 bridgehead atoms. The number of aryl methyl sites for hydroxylation is 1. The molecule has 4 nitrogen and oxygen atoms in total. The number of non-ortho nitro benzene ring substituents is 1. The SMILES string of the molecule is CCc1ccccc1CNc1ccc([N+](=O)[O-])cc1F. The second kappa shape index (κ2) is 6.14. The highest BCUT2D eigenvalue weighted by molar-refractivity contribution is 5.50. The van der Waals surface area contributed by atoms with Crippen LogP contribution in [0.5, 0.6) is 0 Å². The molecular formula is C15H15FN2O2. The molecule has 0 radical (unpaired) electrons. The summed E-state index contributed by atoms with van der Waals surface area (Å²) in [4.78, 5) is 9.93. The quantitative estimate of drug-likeness (QED) is 0.664. The van der Waals surface area contributed by atoms with Crippen molar-refractivity contribution in [3.63, 3.8) is 0 Å². The van der Waals surface area contributed by atoms with E-state index >= 15 is 0 Å². The number of nitrogens with one attached hydrogen (secondary N) is 1. The fourth-order valence-electron chi connectivity index (χ4n) is 2.03. The molecule has 2 rings (SSSR count). The van der Waals surface area contributed by atoms with Crippen LogP contribution in [0.2, 0.25) is 0 Å². The third kappa shape index (κ3) is 3.12. The van der Waals surface area contributed by atoms with Crippen molar-refractivity contribution in [3.8, 4) is 0 Å². The van der Waals surface area contributed by atoms with Gasteiger partial charge in [0.2, 0.25) is 0 Å². The predicted molar refractivity (Wildman–Crippen MR) is 76.2 cm³/mol. The average molecular weight is 274 g/mol. The minimum Gasteiger partial charge on any atom is -0.379 e. The number of benzene rings is 2. The van der Waals surface area contributed by atoms with Gasteiger partial charge in [-0.25, -0.2) is 4.39 Å². The van der Waals surface area contributed by atoms with Gasteiger partial charge in [0, 0.05) is 12.6 Å². The van der Waals surface area contributed by atoms with E-state index < -0.39 is 10.7 Å². The van der Waals surface area contributed by atoms with Crippen LogP contribution in [0.4, 0.5) is 15.8 Å². The Kier molecular flexibility index (Phi) is 4.30. The lowest BCUT2D eigenvalue weighted by Crippen LogP contribution is -2.04. The van der Waals surface area contributed by atoms with Crippen molar-refractivity contribution in [2.75, 3.05) is 5.32 Å². The topological polar surface area (TPSA) is 55.2 Å².